The lowest BCUT2D eigenvalue weighted by atomic mass is 10.1. The third kappa shape index (κ3) is 3.38. The highest BCUT2D eigenvalue weighted by atomic mass is 32.2. The number of hydrogen-bond acceptors (Lipinski definition) is 4. The number of anilines is 2. The third-order valence-electron chi connectivity index (χ3n) is 3.71. The van der Waals surface area contributed by atoms with E-state index in [0.717, 1.165) is 22.7 Å². The quantitative estimate of drug-likeness (QED) is 0.925. The topological polar surface area (TPSA) is 58.6 Å². The molecule has 0 spiro atoms. The lowest BCUT2D eigenvalue weighted by molar-refractivity contribution is -0.116. The average molecular weight is 342 g/mol. The monoisotopic (exact) mass is 342 g/mol. The average Bonchev–Trinajstić information content (AvgIpc) is 2.96. The fraction of sp³-hybridized carbons (Fsp3) is 0.222. The van der Waals surface area contributed by atoms with Crippen molar-refractivity contribution in [1.82, 2.24) is 0 Å². The highest BCUT2D eigenvalue weighted by molar-refractivity contribution is 8.00. The number of nitrogens with one attached hydrogen (secondary N) is 1. The molecular weight excluding hydrogens is 324 g/mol. The molecule has 1 aliphatic rings. The lowest BCUT2D eigenvalue weighted by Gasteiger charge is -2.25. The van der Waals surface area contributed by atoms with Crippen molar-refractivity contribution in [2.24, 2.45) is 0 Å². The standard InChI is InChI=1S/C18H18N2O3S/c1-12(21)19-14-5-3-4-13(10-14)18-20(17(22)11-24-18)15-6-8-16(23-2)9-7-15/h3-10,18H,11H2,1-2H3,(H,19,21). The zero-order valence-corrected chi connectivity index (χ0v) is 14.3. The molecule has 0 aliphatic carbocycles. The minimum Gasteiger partial charge on any atom is -0.497 e. The van der Waals surface area contributed by atoms with E-state index in [0.29, 0.717) is 5.75 Å². The molecular formula is C18H18N2O3S. The van der Waals surface area contributed by atoms with Crippen LogP contribution in [0.15, 0.2) is 48.5 Å². The summed E-state index contributed by atoms with van der Waals surface area (Å²) >= 11 is 1.58. The summed E-state index contributed by atoms with van der Waals surface area (Å²) < 4.78 is 5.17. The van der Waals surface area contributed by atoms with Crippen LogP contribution in [-0.2, 0) is 9.59 Å². The molecule has 1 aliphatic heterocycles. The van der Waals surface area contributed by atoms with Crippen LogP contribution in [0.4, 0.5) is 11.4 Å². The number of carbonyl (C=O) groups excluding carboxylic acids is 2. The Hall–Kier alpha value is -2.47. The van der Waals surface area contributed by atoms with Crippen LogP contribution in [0.5, 0.6) is 5.75 Å². The molecule has 0 radical (unpaired) electrons. The van der Waals surface area contributed by atoms with Gasteiger partial charge in [0.1, 0.15) is 11.1 Å². The first-order chi connectivity index (χ1) is 11.6. The van der Waals surface area contributed by atoms with Crippen LogP contribution >= 0.6 is 11.8 Å². The molecule has 0 aromatic heterocycles. The maximum absolute atomic E-state index is 12.4. The van der Waals surface area contributed by atoms with Gasteiger partial charge in [0.2, 0.25) is 11.8 Å². The molecule has 1 saturated heterocycles. The van der Waals surface area contributed by atoms with Crippen LogP contribution in [0.25, 0.3) is 0 Å². The number of ether oxygens (including phenoxy) is 1. The van der Waals surface area contributed by atoms with E-state index in [2.05, 4.69) is 5.32 Å². The van der Waals surface area contributed by atoms with Crippen LogP contribution in [0.2, 0.25) is 0 Å². The smallest absolute Gasteiger partial charge is 0.238 e. The Morgan fingerprint density at radius 3 is 2.67 bits per heavy atom. The Morgan fingerprint density at radius 2 is 2.00 bits per heavy atom. The van der Waals surface area contributed by atoms with E-state index >= 15 is 0 Å². The first-order valence-corrected chi connectivity index (χ1v) is 8.58. The van der Waals surface area contributed by atoms with Crippen molar-refractivity contribution in [1.29, 1.82) is 0 Å². The van der Waals surface area contributed by atoms with Gasteiger partial charge in [-0.2, -0.15) is 0 Å². The van der Waals surface area contributed by atoms with Crippen molar-refractivity contribution >= 4 is 35.0 Å². The van der Waals surface area contributed by atoms with E-state index in [4.69, 9.17) is 4.74 Å². The van der Waals surface area contributed by atoms with Gasteiger partial charge in [0.25, 0.3) is 0 Å². The molecule has 3 rings (SSSR count). The van der Waals surface area contributed by atoms with Gasteiger partial charge in [-0.25, -0.2) is 0 Å². The first kappa shape index (κ1) is 16.4. The predicted octanol–water partition coefficient (Wildman–Crippen LogP) is 3.43. The number of amides is 2. The van der Waals surface area contributed by atoms with Gasteiger partial charge in [-0.05, 0) is 42.0 Å². The van der Waals surface area contributed by atoms with Crippen LogP contribution in [0.1, 0.15) is 17.9 Å². The molecule has 5 nitrogen and oxygen atoms in total. The number of benzene rings is 2. The number of hydrogen-bond donors (Lipinski definition) is 1. The zero-order valence-electron chi connectivity index (χ0n) is 13.5. The predicted molar refractivity (Wildman–Crippen MR) is 96.4 cm³/mol. The highest BCUT2D eigenvalue weighted by Gasteiger charge is 2.34. The van der Waals surface area contributed by atoms with E-state index in [1.807, 2.05) is 48.5 Å². The molecule has 6 heteroatoms. The van der Waals surface area contributed by atoms with Crippen molar-refractivity contribution in [3.8, 4) is 5.75 Å². The van der Waals surface area contributed by atoms with E-state index in [1.165, 1.54) is 6.92 Å². The molecule has 1 atom stereocenters. The van der Waals surface area contributed by atoms with Gasteiger partial charge < -0.3 is 10.1 Å². The Kier molecular flexibility index (Phi) is 4.76. The maximum Gasteiger partial charge on any atom is 0.238 e. The molecule has 124 valence electrons. The second kappa shape index (κ2) is 6.97. The molecule has 2 aromatic rings. The Balaban J connectivity index is 1.91. The maximum atomic E-state index is 12.4. The Bertz CT molecular complexity index is 761. The number of carbonyl (C=O) groups is 2. The summed E-state index contributed by atoms with van der Waals surface area (Å²) in [7, 11) is 1.61. The van der Waals surface area contributed by atoms with Gasteiger partial charge in [0, 0.05) is 18.3 Å². The third-order valence-corrected chi connectivity index (χ3v) is 4.92. The van der Waals surface area contributed by atoms with Crippen LogP contribution in [0, 0.1) is 0 Å². The lowest BCUT2D eigenvalue weighted by Crippen LogP contribution is -2.27. The minimum absolute atomic E-state index is 0.0695. The number of methoxy groups -OCH3 is 1. The number of rotatable bonds is 4. The summed E-state index contributed by atoms with van der Waals surface area (Å²) in [5.41, 5.74) is 2.54. The van der Waals surface area contributed by atoms with Gasteiger partial charge >= 0.3 is 0 Å². The molecule has 1 unspecified atom stereocenters. The summed E-state index contributed by atoms with van der Waals surface area (Å²) in [5, 5.41) is 2.67. The van der Waals surface area contributed by atoms with Crippen molar-refractivity contribution in [2.75, 3.05) is 23.1 Å². The van der Waals surface area contributed by atoms with Crippen LogP contribution in [0.3, 0.4) is 0 Å². The Labute approximate surface area is 145 Å². The van der Waals surface area contributed by atoms with Crippen LogP contribution < -0.4 is 15.0 Å². The summed E-state index contributed by atoms with van der Waals surface area (Å²) in [5.74, 6) is 1.14. The summed E-state index contributed by atoms with van der Waals surface area (Å²) in [6, 6.07) is 15.1. The van der Waals surface area contributed by atoms with Crippen molar-refractivity contribution < 1.29 is 14.3 Å². The second-order valence-corrected chi connectivity index (χ2v) is 6.50. The van der Waals surface area contributed by atoms with E-state index in [-0.39, 0.29) is 17.2 Å². The zero-order chi connectivity index (χ0) is 17.1. The van der Waals surface area contributed by atoms with E-state index in [9.17, 15) is 9.59 Å². The minimum atomic E-state index is -0.116. The summed E-state index contributed by atoms with van der Waals surface area (Å²) in [6.07, 6.45) is 0. The van der Waals surface area contributed by atoms with Gasteiger partial charge in [0.05, 0.1) is 12.9 Å². The first-order valence-electron chi connectivity index (χ1n) is 7.54. The summed E-state index contributed by atoms with van der Waals surface area (Å²) in [6.45, 7) is 1.48. The van der Waals surface area contributed by atoms with Gasteiger partial charge in [-0.15, -0.1) is 11.8 Å². The van der Waals surface area contributed by atoms with Crippen molar-refractivity contribution in [3.05, 3.63) is 54.1 Å². The van der Waals surface area contributed by atoms with E-state index in [1.54, 1.807) is 23.8 Å². The van der Waals surface area contributed by atoms with E-state index < -0.39 is 0 Å². The largest absolute Gasteiger partial charge is 0.497 e. The second-order valence-electron chi connectivity index (χ2n) is 5.43. The molecule has 0 saturated carbocycles. The highest BCUT2D eigenvalue weighted by Crippen LogP contribution is 2.42. The fourth-order valence-corrected chi connectivity index (χ4v) is 3.83. The molecule has 1 heterocycles. The number of thioether (sulfide) groups is 1. The van der Waals surface area contributed by atoms with Gasteiger partial charge in [-0.1, -0.05) is 12.1 Å². The molecule has 24 heavy (non-hydrogen) atoms. The number of nitrogens with zero attached hydrogens (tertiary/aromatic N) is 1. The Morgan fingerprint density at radius 1 is 1.25 bits per heavy atom. The summed E-state index contributed by atoms with van der Waals surface area (Å²) in [4.78, 5) is 25.4. The molecule has 2 aromatic carbocycles. The van der Waals surface area contributed by atoms with Crippen LogP contribution in [-0.4, -0.2) is 24.7 Å². The van der Waals surface area contributed by atoms with Crippen molar-refractivity contribution in [2.45, 2.75) is 12.3 Å². The molecule has 1 N–H and O–H groups in total. The molecule has 1 fully saturated rings. The van der Waals surface area contributed by atoms with Crippen molar-refractivity contribution in [3.63, 3.8) is 0 Å². The van der Waals surface area contributed by atoms with Gasteiger partial charge in [-0.3, -0.25) is 14.5 Å². The SMILES string of the molecule is COc1ccc(N2C(=O)CSC2c2cccc(NC(C)=O)c2)cc1. The van der Waals surface area contributed by atoms with Gasteiger partial charge in [0.15, 0.2) is 0 Å². The fourth-order valence-electron chi connectivity index (χ4n) is 2.67. The molecule has 0 bridgehead atoms. The molecule has 2 amide bonds. The normalized spacial score (nSPS) is 17.0.